The smallest absolute Gasteiger partial charge is 0.319 e. The highest BCUT2D eigenvalue weighted by molar-refractivity contribution is 5.93. The van der Waals surface area contributed by atoms with Gasteiger partial charge in [0.05, 0.1) is 0 Å². The summed E-state index contributed by atoms with van der Waals surface area (Å²) in [6.45, 7) is 8.47. The van der Waals surface area contributed by atoms with E-state index in [0.717, 1.165) is 18.7 Å². The second kappa shape index (κ2) is 11.7. The van der Waals surface area contributed by atoms with Gasteiger partial charge in [-0.05, 0) is 48.6 Å². The molecule has 0 aliphatic carbocycles. The number of carbonyl (C=O) groups is 2. The molecule has 0 fully saturated rings. The summed E-state index contributed by atoms with van der Waals surface area (Å²) in [6, 6.07) is 8.56. The molecular weight excluding hydrogens is 420 g/mol. The van der Waals surface area contributed by atoms with Gasteiger partial charge < -0.3 is 21.3 Å². The van der Waals surface area contributed by atoms with Crippen molar-refractivity contribution in [2.24, 2.45) is 11.8 Å². The monoisotopic (exact) mass is 452 g/mol. The van der Waals surface area contributed by atoms with Crippen LogP contribution in [-0.2, 0) is 13.1 Å². The molecule has 33 heavy (non-hydrogen) atoms. The number of aryl methyl sites for hydroxylation is 1. The second-order valence-electron chi connectivity index (χ2n) is 8.37. The predicted molar refractivity (Wildman–Crippen MR) is 128 cm³/mol. The Kier molecular flexibility index (Phi) is 8.45. The lowest BCUT2D eigenvalue weighted by molar-refractivity contribution is 0.249. The Labute approximate surface area is 193 Å². The minimum atomic E-state index is -0.297. The summed E-state index contributed by atoms with van der Waals surface area (Å²) in [4.78, 5) is 24.7. The van der Waals surface area contributed by atoms with Crippen LogP contribution in [0.15, 0.2) is 55.1 Å². The number of anilines is 2. The molecule has 2 aromatic heterocycles. The van der Waals surface area contributed by atoms with Crippen molar-refractivity contribution in [2.75, 3.05) is 23.7 Å². The summed E-state index contributed by atoms with van der Waals surface area (Å²) in [5, 5.41) is 19.8. The quantitative estimate of drug-likeness (QED) is 0.377. The Morgan fingerprint density at radius 2 is 1.42 bits per heavy atom. The van der Waals surface area contributed by atoms with Gasteiger partial charge >= 0.3 is 12.1 Å². The molecule has 0 radical (unpaired) electrons. The summed E-state index contributed by atoms with van der Waals surface area (Å²) in [5.41, 5.74) is 2.13. The van der Waals surface area contributed by atoms with Gasteiger partial charge in [-0.2, -0.15) is 10.2 Å². The van der Waals surface area contributed by atoms with Gasteiger partial charge in [-0.15, -0.1) is 0 Å². The third kappa shape index (κ3) is 7.99. The SMILES string of the molecule is Cc1ccc(NC(=O)NC[C@H](C)Cn2cccn2)cc1NC(=O)NC[C@H](C)Cn1cccn1. The van der Waals surface area contributed by atoms with E-state index in [1.54, 1.807) is 24.5 Å². The molecule has 2 heterocycles. The number of nitrogens with one attached hydrogen (secondary N) is 4. The first-order valence-electron chi connectivity index (χ1n) is 11.0. The van der Waals surface area contributed by atoms with Crippen molar-refractivity contribution in [3.05, 3.63) is 60.7 Å². The predicted octanol–water partition coefficient (Wildman–Crippen LogP) is 3.30. The largest absolute Gasteiger partial charge is 0.338 e. The molecule has 10 nitrogen and oxygen atoms in total. The Morgan fingerprint density at radius 1 is 0.879 bits per heavy atom. The van der Waals surface area contributed by atoms with Crippen LogP contribution in [0.4, 0.5) is 21.0 Å². The molecule has 3 rings (SSSR count). The summed E-state index contributed by atoms with van der Waals surface area (Å²) in [6.07, 6.45) is 7.26. The van der Waals surface area contributed by atoms with Gasteiger partial charge in [0.1, 0.15) is 0 Å². The van der Waals surface area contributed by atoms with Crippen molar-refractivity contribution in [3.63, 3.8) is 0 Å². The molecule has 176 valence electrons. The van der Waals surface area contributed by atoms with Gasteiger partial charge in [0, 0.05) is 62.3 Å². The summed E-state index contributed by atoms with van der Waals surface area (Å²) in [7, 11) is 0. The van der Waals surface area contributed by atoms with Gasteiger partial charge in [0.2, 0.25) is 0 Å². The van der Waals surface area contributed by atoms with Gasteiger partial charge in [-0.1, -0.05) is 19.9 Å². The summed E-state index contributed by atoms with van der Waals surface area (Å²) in [5.74, 6) is 0.453. The van der Waals surface area contributed by atoms with Gasteiger partial charge in [-0.25, -0.2) is 9.59 Å². The molecule has 0 saturated heterocycles. The van der Waals surface area contributed by atoms with Crippen LogP contribution in [0.3, 0.4) is 0 Å². The first-order valence-corrected chi connectivity index (χ1v) is 11.0. The Bertz CT molecular complexity index is 1020. The zero-order chi connectivity index (χ0) is 23.6. The Morgan fingerprint density at radius 3 is 1.94 bits per heavy atom. The number of benzene rings is 1. The number of amides is 4. The highest BCUT2D eigenvalue weighted by Crippen LogP contribution is 2.20. The molecule has 0 saturated carbocycles. The van der Waals surface area contributed by atoms with E-state index in [1.165, 1.54) is 0 Å². The molecular formula is C23H32N8O2. The van der Waals surface area contributed by atoms with E-state index in [1.807, 2.05) is 60.7 Å². The molecule has 1 aromatic carbocycles. The van der Waals surface area contributed by atoms with Crippen LogP contribution in [-0.4, -0.2) is 44.7 Å². The van der Waals surface area contributed by atoms with Crippen LogP contribution < -0.4 is 21.3 Å². The Hall–Kier alpha value is -3.82. The highest BCUT2D eigenvalue weighted by Gasteiger charge is 2.11. The van der Waals surface area contributed by atoms with Crippen LogP contribution >= 0.6 is 0 Å². The lowest BCUT2D eigenvalue weighted by atomic mass is 10.1. The number of hydrogen-bond acceptors (Lipinski definition) is 4. The van der Waals surface area contributed by atoms with Crippen LogP contribution in [0.5, 0.6) is 0 Å². The zero-order valence-corrected chi connectivity index (χ0v) is 19.3. The Balaban J connectivity index is 1.44. The van der Waals surface area contributed by atoms with Crippen molar-refractivity contribution in [2.45, 2.75) is 33.9 Å². The van der Waals surface area contributed by atoms with Crippen LogP contribution in [0.2, 0.25) is 0 Å². The van der Waals surface area contributed by atoms with Gasteiger partial charge in [-0.3, -0.25) is 9.36 Å². The number of carbonyl (C=O) groups excluding carboxylic acids is 2. The molecule has 0 bridgehead atoms. The fourth-order valence-electron chi connectivity index (χ4n) is 3.29. The number of urea groups is 2. The summed E-state index contributed by atoms with van der Waals surface area (Å²) >= 11 is 0. The van der Waals surface area contributed by atoms with E-state index in [2.05, 4.69) is 31.5 Å². The molecule has 0 unspecified atom stereocenters. The minimum Gasteiger partial charge on any atom is -0.338 e. The number of rotatable bonds is 10. The molecule has 4 amide bonds. The maximum Gasteiger partial charge on any atom is 0.319 e. The molecule has 0 aliphatic rings. The zero-order valence-electron chi connectivity index (χ0n) is 19.3. The standard InChI is InChI=1S/C23H32N8O2/c1-17(15-30-10-4-8-26-30)13-24-22(32)28-20-7-6-19(3)21(12-20)29-23(33)25-14-18(2)16-31-11-5-9-27-31/h4-12,17-18H,13-16H2,1-3H3,(H2,24,28,32)(H2,25,29,33)/t17-,18-/m0/s1. The summed E-state index contributed by atoms with van der Waals surface area (Å²) < 4.78 is 3.68. The fraction of sp³-hybridized carbons (Fsp3) is 0.391. The van der Waals surface area contributed by atoms with Gasteiger partial charge in [0.15, 0.2) is 0 Å². The highest BCUT2D eigenvalue weighted by atomic mass is 16.2. The molecule has 3 aromatic rings. The van der Waals surface area contributed by atoms with Crippen molar-refractivity contribution in [1.29, 1.82) is 0 Å². The lowest BCUT2D eigenvalue weighted by Crippen LogP contribution is -2.34. The van der Waals surface area contributed by atoms with E-state index in [-0.39, 0.29) is 23.9 Å². The van der Waals surface area contributed by atoms with Crippen molar-refractivity contribution in [3.8, 4) is 0 Å². The molecule has 0 aliphatic heterocycles. The average molecular weight is 453 g/mol. The maximum absolute atomic E-state index is 12.4. The van der Waals surface area contributed by atoms with E-state index in [4.69, 9.17) is 0 Å². The molecule has 10 heteroatoms. The molecule has 2 atom stereocenters. The van der Waals surface area contributed by atoms with Crippen molar-refractivity contribution in [1.82, 2.24) is 30.2 Å². The van der Waals surface area contributed by atoms with E-state index in [9.17, 15) is 9.59 Å². The normalized spacial score (nSPS) is 12.6. The van der Waals surface area contributed by atoms with Crippen molar-refractivity contribution >= 4 is 23.4 Å². The molecule has 0 spiro atoms. The average Bonchev–Trinajstić information content (AvgIpc) is 3.48. The van der Waals surface area contributed by atoms with E-state index >= 15 is 0 Å². The lowest BCUT2D eigenvalue weighted by Gasteiger charge is -2.16. The van der Waals surface area contributed by atoms with Crippen molar-refractivity contribution < 1.29 is 9.59 Å². The number of aromatic nitrogens is 4. The van der Waals surface area contributed by atoms with Crippen LogP contribution in [0.1, 0.15) is 19.4 Å². The number of nitrogens with zero attached hydrogens (tertiary/aromatic N) is 4. The molecule has 4 N–H and O–H groups in total. The maximum atomic E-state index is 12.4. The van der Waals surface area contributed by atoms with Crippen LogP contribution in [0.25, 0.3) is 0 Å². The third-order valence-corrected chi connectivity index (χ3v) is 5.08. The minimum absolute atomic E-state index is 0.226. The third-order valence-electron chi connectivity index (χ3n) is 5.08. The second-order valence-corrected chi connectivity index (χ2v) is 8.37. The van der Waals surface area contributed by atoms with Gasteiger partial charge in [0.25, 0.3) is 0 Å². The fourth-order valence-corrected chi connectivity index (χ4v) is 3.29. The van der Waals surface area contributed by atoms with Crippen LogP contribution in [0, 0.1) is 18.8 Å². The van der Waals surface area contributed by atoms with E-state index in [0.29, 0.717) is 24.5 Å². The topological polar surface area (TPSA) is 118 Å². The van der Waals surface area contributed by atoms with E-state index < -0.39 is 0 Å². The first kappa shape index (κ1) is 23.8. The number of hydrogen-bond donors (Lipinski definition) is 4. The first-order chi connectivity index (χ1) is 15.9.